The van der Waals surface area contributed by atoms with Gasteiger partial charge < -0.3 is 20.9 Å². The molecule has 0 aliphatic carbocycles. The van der Waals surface area contributed by atoms with E-state index in [4.69, 9.17) is 5.73 Å². The largest absolute Gasteiger partial charge is 0.505 e. The highest BCUT2D eigenvalue weighted by Gasteiger charge is 2.17. The summed E-state index contributed by atoms with van der Waals surface area (Å²) in [5, 5.41) is 12.3. The lowest BCUT2D eigenvalue weighted by Crippen LogP contribution is -2.15. The van der Waals surface area contributed by atoms with E-state index in [2.05, 4.69) is 10.1 Å². The Labute approximate surface area is 121 Å². The van der Waals surface area contributed by atoms with Gasteiger partial charge in [-0.15, -0.1) is 0 Å². The molecule has 0 radical (unpaired) electrons. The molecule has 0 atom stereocenters. The zero-order valence-electron chi connectivity index (χ0n) is 11.3. The number of phenols is 1. The fourth-order valence-corrected chi connectivity index (χ4v) is 1.81. The van der Waals surface area contributed by atoms with Crippen LogP contribution in [0.25, 0.3) is 0 Å². The number of methoxy groups -OCH3 is 1. The third-order valence-corrected chi connectivity index (χ3v) is 2.89. The smallest absolute Gasteiger partial charge is 0.339 e. The molecule has 0 spiro atoms. The lowest BCUT2D eigenvalue weighted by molar-refractivity contribution is 0.0602. The van der Waals surface area contributed by atoms with Crippen LogP contribution in [0.1, 0.15) is 20.7 Å². The lowest BCUT2D eigenvalue weighted by atomic mass is 10.1. The summed E-state index contributed by atoms with van der Waals surface area (Å²) >= 11 is 0. The van der Waals surface area contributed by atoms with Crippen LogP contribution in [0, 0.1) is 0 Å². The molecule has 4 N–H and O–H groups in total. The van der Waals surface area contributed by atoms with E-state index in [1.807, 2.05) is 0 Å². The van der Waals surface area contributed by atoms with Gasteiger partial charge >= 0.3 is 5.97 Å². The van der Waals surface area contributed by atoms with Gasteiger partial charge in [-0.05, 0) is 24.3 Å². The molecule has 0 bridgehead atoms. The Balaban J connectivity index is 2.32. The van der Waals surface area contributed by atoms with Crippen molar-refractivity contribution >= 4 is 23.3 Å². The number of phenolic OH excluding ortho intramolecular Hbond substituents is 1. The van der Waals surface area contributed by atoms with E-state index in [1.165, 1.54) is 25.3 Å². The van der Waals surface area contributed by atoms with Crippen LogP contribution in [0.2, 0.25) is 0 Å². The maximum Gasteiger partial charge on any atom is 0.339 e. The molecule has 0 fully saturated rings. The van der Waals surface area contributed by atoms with E-state index in [1.54, 1.807) is 24.3 Å². The van der Waals surface area contributed by atoms with E-state index >= 15 is 0 Å². The topological polar surface area (TPSA) is 102 Å². The summed E-state index contributed by atoms with van der Waals surface area (Å²) in [5.74, 6) is -1.44. The fraction of sp³-hybridized carbons (Fsp3) is 0.0667. The molecule has 0 saturated heterocycles. The van der Waals surface area contributed by atoms with Gasteiger partial charge in [0.15, 0.2) is 5.75 Å². The number of amides is 1. The Morgan fingerprint density at radius 2 is 1.76 bits per heavy atom. The number of aromatic hydroxyl groups is 1. The van der Waals surface area contributed by atoms with Crippen LogP contribution >= 0.6 is 0 Å². The number of anilines is 2. The molecule has 0 saturated carbocycles. The first kappa shape index (κ1) is 14.4. The van der Waals surface area contributed by atoms with E-state index in [-0.39, 0.29) is 28.3 Å². The Morgan fingerprint density at radius 3 is 2.48 bits per heavy atom. The number of carbonyl (C=O) groups excluding carboxylic acids is 2. The predicted molar refractivity (Wildman–Crippen MR) is 78.3 cm³/mol. The van der Waals surface area contributed by atoms with Crippen LogP contribution in [-0.4, -0.2) is 24.1 Å². The lowest BCUT2D eigenvalue weighted by Gasteiger charge is -2.11. The van der Waals surface area contributed by atoms with Gasteiger partial charge in [0.25, 0.3) is 5.91 Å². The Hall–Kier alpha value is -3.02. The molecule has 0 unspecified atom stereocenters. The fourth-order valence-electron chi connectivity index (χ4n) is 1.81. The highest BCUT2D eigenvalue weighted by molar-refractivity contribution is 6.09. The van der Waals surface area contributed by atoms with Gasteiger partial charge in [-0.1, -0.05) is 18.2 Å². The Morgan fingerprint density at radius 1 is 1.10 bits per heavy atom. The number of para-hydroxylation sites is 2. The third kappa shape index (κ3) is 2.94. The predicted octanol–water partition coefficient (Wildman–Crippen LogP) is 2.01. The number of benzene rings is 2. The maximum absolute atomic E-state index is 12.2. The zero-order chi connectivity index (χ0) is 15.4. The second-order valence-electron chi connectivity index (χ2n) is 4.23. The summed E-state index contributed by atoms with van der Waals surface area (Å²) in [5.41, 5.74) is 6.18. The minimum absolute atomic E-state index is 0.0228. The Kier molecular flexibility index (Phi) is 4.08. The van der Waals surface area contributed by atoms with Crippen molar-refractivity contribution in [1.82, 2.24) is 0 Å². The summed E-state index contributed by atoms with van der Waals surface area (Å²) in [6.07, 6.45) is 0. The van der Waals surface area contributed by atoms with Crippen LogP contribution in [0.5, 0.6) is 5.75 Å². The van der Waals surface area contributed by atoms with E-state index < -0.39 is 11.9 Å². The molecule has 6 nitrogen and oxygen atoms in total. The number of nitrogens with two attached hydrogens (primary N) is 1. The van der Waals surface area contributed by atoms with Gasteiger partial charge in [0.2, 0.25) is 0 Å². The molecule has 2 aromatic carbocycles. The molecule has 0 aromatic heterocycles. The van der Waals surface area contributed by atoms with Gasteiger partial charge in [0, 0.05) is 0 Å². The van der Waals surface area contributed by atoms with Gasteiger partial charge in [0.1, 0.15) is 0 Å². The van der Waals surface area contributed by atoms with Crippen molar-refractivity contribution in [3.05, 3.63) is 53.6 Å². The van der Waals surface area contributed by atoms with E-state index in [0.29, 0.717) is 0 Å². The average molecular weight is 286 g/mol. The van der Waals surface area contributed by atoms with Crippen molar-refractivity contribution < 1.29 is 19.4 Å². The van der Waals surface area contributed by atoms with Crippen molar-refractivity contribution in [2.45, 2.75) is 0 Å². The van der Waals surface area contributed by atoms with Crippen molar-refractivity contribution in [2.24, 2.45) is 0 Å². The van der Waals surface area contributed by atoms with Crippen molar-refractivity contribution in [2.75, 3.05) is 18.2 Å². The van der Waals surface area contributed by atoms with Crippen molar-refractivity contribution in [3.63, 3.8) is 0 Å². The Bertz CT molecular complexity index is 698. The monoisotopic (exact) mass is 286 g/mol. The number of rotatable bonds is 3. The SMILES string of the molecule is COC(=O)c1ccccc1NC(=O)c1cccc(N)c1O. The van der Waals surface area contributed by atoms with Crippen LogP contribution in [0.4, 0.5) is 11.4 Å². The molecular weight excluding hydrogens is 272 g/mol. The number of ether oxygens (including phenoxy) is 1. The third-order valence-electron chi connectivity index (χ3n) is 2.89. The van der Waals surface area contributed by atoms with Gasteiger partial charge in [-0.3, -0.25) is 4.79 Å². The number of nitrogens with one attached hydrogen (secondary N) is 1. The van der Waals surface area contributed by atoms with Crippen molar-refractivity contribution in [3.8, 4) is 5.75 Å². The highest BCUT2D eigenvalue weighted by atomic mass is 16.5. The molecule has 21 heavy (non-hydrogen) atoms. The summed E-state index contributed by atoms with van der Waals surface area (Å²) in [7, 11) is 1.25. The maximum atomic E-state index is 12.2. The number of esters is 1. The summed E-state index contributed by atoms with van der Waals surface area (Å²) in [4.78, 5) is 23.8. The number of carbonyl (C=O) groups is 2. The summed E-state index contributed by atoms with van der Waals surface area (Å²) in [6, 6.07) is 10.9. The van der Waals surface area contributed by atoms with Crippen molar-refractivity contribution in [1.29, 1.82) is 0 Å². The second kappa shape index (κ2) is 5.96. The molecule has 2 aromatic rings. The molecule has 6 heteroatoms. The summed E-state index contributed by atoms with van der Waals surface area (Å²) < 4.78 is 4.65. The first-order valence-corrected chi connectivity index (χ1v) is 6.10. The van der Waals surface area contributed by atoms with Crippen LogP contribution in [-0.2, 0) is 4.74 Å². The van der Waals surface area contributed by atoms with E-state index in [0.717, 1.165) is 0 Å². The molecular formula is C15H14N2O4. The molecule has 1 amide bonds. The van der Waals surface area contributed by atoms with Gasteiger partial charge in [-0.25, -0.2) is 4.79 Å². The molecule has 108 valence electrons. The number of nitrogen functional groups attached to an aromatic ring is 1. The minimum atomic E-state index is -0.573. The first-order valence-electron chi connectivity index (χ1n) is 6.10. The minimum Gasteiger partial charge on any atom is -0.505 e. The first-order chi connectivity index (χ1) is 10.0. The molecule has 0 aliphatic heterocycles. The average Bonchev–Trinajstić information content (AvgIpc) is 2.49. The van der Waals surface area contributed by atoms with Gasteiger partial charge in [0.05, 0.1) is 29.6 Å². The number of hydrogen-bond donors (Lipinski definition) is 3. The highest BCUT2D eigenvalue weighted by Crippen LogP contribution is 2.26. The van der Waals surface area contributed by atoms with Crippen LogP contribution < -0.4 is 11.1 Å². The van der Waals surface area contributed by atoms with Crippen LogP contribution in [0.3, 0.4) is 0 Å². The van der Waals surface area contributed by atoms with Gasteiger partial charge in [-0.2, -0.15) is 0 Å². The normalized spacial score (nSPS) is 9.95. The molecule has 0 aliphatic rings. The van der Waals surface area contributed by atoms with Crippen LogP contribution in [0.15, 0.2) is 42.5 Å². The van der Waals surface area contributed by atoms with E-state index in [9.17, 15) is 14.7 Å². The molecule has 2 rings (SSSR count). The summed E-state index contributed by atoms with van der Waals surface area (Å²) in [6.45, 7) is 0. The quantitative estimate of drug-likeness (QED) is 0.455. The number of hydrogen-bond acceptors (Lipinski definition) is 5. The second-order valence-corrected chi connectivity index (χ2v) is 4.23. The zero-order valence-corrected chi connectivity index (χ0v) is 11.3. The molecule has 0 heterocycles. The standard InChI is InChI=1S/C15H14N2O4/c1-21-15(20)9-5-2-3-8-12(9)17-14(19)10-6-4-7-11(16)13(10)18/h2-8,18H,16H2,1H3,(H,17,19).